The van der Waals surface area contributed by atoms with Crippen LogP contribution in [0.5, 0.6) is 0 Å². The molecule has 0 radical (unpaired) electrons. The van der Waals surface area contributed by atoms with Gasteiger partial charge in [0.25, 0.3) is 0 Å². The molecule has 1 aliphatic rings. The van der Waals surface area contributed by atoms with Crippen molar-refractivity contribution in [3.8, 4) is 0 Å². The topological polar surface area (TPSA) is 20.2 Å². The molecule has 0 amide bonds. The Kier molecular flexibility index (Phi) is 3.38. The summed E-state index contributed by atoms with van der Waals surface area (Å²) >= 11 is 0. The smallest absolute Gasteiger partial charge is 0.0568 e. The molecular weight excluding hydrogens is 136 g/mol. The molecule has 0 aromatic heterocycles. The highest BCUT2D eigenvalue weighted by Gasteiger charge is 2.26. The number of aliphatic hydroxyl groups is 1. The number of hydrogen-bond acceptors (Lipinski definition) is 1. The molecule has 0 heterocycles. The van der Waals surface area contributed by atoms with Gasteiger partial charge in [-0.25, -0.2) is 0 Å². The maximum Gasteiger partial charge on any atom is 0.0568 e. The largest absolute Gasteiger partial charge is 0.393 e. The van der Waals surface area contributed by atoms with Crippen LogP contribution < -0.4 is 0 Å². The molecule has 1 saturated carbocycles. The summed E-state index contributed by atoms with van der Waals surface area (Å²) in [4.78, 5) is 0. The van der Waals surface area contributed by atoms with Crippen molar-refractivity contribution in [1.82, 2.24) is 0 Å². The summed E-state index contributed by atoms with van der Waals surface area (Å²) < 4.78 is 0. The van der Waals surface area contributed by atoms with E-state index in [1.54, 1.807) is 0 Å². The normalized spacial score (nSPS) is 34.1. The Morgan fingerprint density at radius 3 is 2.64 bits per heavy atom. The van der Waals surface area contributed by atoms with Crippen molar-refractivity contribution in [2.45, 2.75) is 52.1 Å². The van der Waals surface area contributed by atoms with Crippen LogP contribution in [0.25, 0.3) is 0 Å². The maximum atomic E-state index is 9.67. The van der Waals surface area contributed by atoms with E-state index >= 15 is 0 Å². The Labute approximate surface area is 69.8 Å². The van der Waals surface area contributed by atoms with E-state index in [9.17, 15) is 5.11 Å². The third-order valence-electron chi connectivity index (χ3n) is 2.86. The Balaban J connectivity index is 2.25. The van der Waals surface area contributed by atoms with Crippen molar-refractivity contribution in [2.24, 2.45) is 11.8 Å². The fourth-order valence-electron chi connectivity index (χ4n) is 2.13. The Morgan fingerprint density at radius 1 is 1.45 bits per heavy atom. The molecule has 1 nitrogen and oxygen atoms in total. The molecule has 1 rings (SSSR count). The van der Waals surface area contributed by atoms with Crippen LogP contribution in [0.1, 0.15) is 46.0 Å². The molecule has 0 aromatic rings. The Bertz CT molecular complexity index is 111. The number of aliphatic hydroxyl groups excluding tert-OH is 1. The molecule has 11 heavy (non-hydrogen) atoms. The van der Waals surface area contributed by atoms with Crippen molar-refractivity contribution in [3.63, 3.8) is 0 Å². The van der Waals surface area contributed by atoms with Gasteiger partial charge in [0.2, 0.25) is 0 Å². The first-order valence-electron chi connectivity index (χ1n) is 4.92. The minimum Gasteiger partial charge on any atom is -0.393 e. The molecule has 0 bridgehead atoms. The van der Waals surface area contributed by atoms with Gasteiger partial charge in [0, 0.05) is 0 Å². The quantitative estimate of drug-likeness (QED) is 0.666. The van der Waals surface area contributed by atoms with Gasteiger partial charge in [-0.15, -0.1) is 0 Å². The molecule has 1 heteroatoms. The second-order valence-corrected chi connectivity index (χ2v) is 4.03. The van der Waals surface area contributed by atoms with E-state index in [2.05, 4.69) is 13.8 Å². The van der Waals surface area contributed by atoms with Crippen LogP contribution in [-0.2, 0) is 0 Å². The van der Waals surface area contributed by atoms with Crippen molar-refractivity contribution >= 4 is 0 Å². The van der Waals surface area contributed by atoms with Crippen LogP contribution in [0.15, 0.2) is 0 Å². The Hall–Kier alpha value is -0.0400. The zero-order chi connectivity index (χ0) is 8.27. The van der Waals surface area contributed by atoms with Crippen LogP contribution in [0.2, 0.25) is 0 Å². The highest BCUT2D eigenvalue weighted by molar-refractivity contribution is 4.77. The summed E-state index contributed by atoms with van der Waals surface area (Å²) in [7, 11) is 0. The molecule has 3 unspecified atom stereocenters. The SMILES string of the molecule is CCCC(O)C1CCC(C)C1. The molecule has 0 aliphatic heterocycles. The van der Waals surface area contributed by atoms with E-state index in [1.807, 2.05) is 0 Å². The first kappa shape index (κ1) is 9.05. The van der Waals surface area contributed by atoms with Gasteiger partial charge in [-0.2, -0.15) is 0 Å². The van der Waals surface area contributed by atoms with E-state index in [0.717, 1.165) is 18.8 Å². The monoisotopic (exact) mass is 156 g/mol. The van der Waals surface area contributed by atoms with E-state index in [4.69, 9.17) is 0 Å². The zero-order valence-corrected chi connectivity index (χ0v) is 7.71. The second-order valence-electron chi connectivity index (χ2n) is 4.03. The second kappa shape index (κ2) is 4.10. The summed E-state index contributed by atoms with van der Waals surface area (Å²) in [6, 6.07) is 0. The summed E-state index contributed by atoms with van der Waals surface area (Å²) in [5.74, 6) is 1.47. The van der Waals surface area contributed by atoms with E-state index < -0.39 is 0 Å². The molecule has 0 aromatic carbocycles. The van der Waals surface area contributed by atoms with Gasteiger partial charge < -0.3 is 5.11 Å². The number of rotatable bonds is 3. The molecule has 0 saturated heterocycles. The van der Waals surface area contributed by atoms with E-state index in [1.165, 1.54) is 19.3 Å². The summed E-state index contributed by atoms with van der Waals surface area (Å²) in [5, 5.41) is 9.67. The fourth-order valence-corrected chi connectivity index (χ4v) is 2.13. The first-order chi connectivity index (χ1) is 5.24. The lowest BCUT2D eigenvalue weighted by Crippen LogP contribution is -2.17. The minimum atomic E-state index is -0.00931. The van der Waals surface area contributed by atoms with Crippen molar-refractivity contribution in [1.29, 1.82) is 0 Å². The third-order valence-corrected chi connectivity index (χ3v) is 2.86. The molecule has 1 aliphatic carbocycles. The molecule has 66 valence electrons. The lowest BCUT2D eigenvalue weighted by Gasteiger charge is -2.16. The zero-order valence-electron chi connectivity index (χ0n) is 7.71. The first-order valence-corrected chi connectivity index (χ1v) is 4.92. The summed E-state index contributed by atoms with van der Waals surface area (Å²) in [6.45, 7) is 4.43. The molecule has 1 fully saturated rings. The van der Waals surface area contributed by atoms with Gasteiger partial charge in [-0.05, 0) is 31.1 Å². The average molecular weight is 156 g/mol. The average Bonchev–Trinajstić information content (AvgIpc) is 2.36. The molecule has 3 atom stereocenters. The fraction of sp³-hybridized carbons (Fsp3) is 1.00. The molecule has 1 N–H and O–H groups in total. The van der Waals surface area contributed by atoms with Gasteiger partial charge >= 0.3 is 0 Å². The van der Waals surface area contributed by atoms with Crippen LogP contribution >= 0.6 is 0 Å². The standard InChI is InChI=1S/C10H20O/c1-3-4-10(11)9-6-5-8(2)7-9/h8-11H,3-7H2,1-2H3. The van der Waals surface area contributed by atoms with E-state index in [0.29, 0.717) is 5.92 Å². The van der Waals surface area contributed by atoms with Gasteiger partial charge in [0.15, 0.2) is 0 Å². The van der Waals surface area contributed by atoms with Crippen molar-refractivity contribution in [2.75, 3.05) is 0 Å². The van der Waals surface area contributed by atoms with Crippen LogP contribution in [0.3, 0.4) is 0 Å². The van der Waals surface area contributed by atoms with Crippen LogP contribution in [-0.4, -0.2) is 11.2 Å². The molecule has 0 spiro atoms. The van der Waals surface area contributed by atoms with Gasteiger partial charge in [-0.1, -0.05) is 26.7 Å². The van der Waals surface area contributed by atoms with Crippen LogP contribution in [0.4, 0.5) is 0 Å². The summed E-state index contributed by atoms with van der Waals surface area (Å²) in [5.41, 5.74) is 0. The Morgan fingerprint density at radius 2 is 2.18 bits per heavy atom. The maximum absolute atomic E-state index is 9.67. The highest BCUT2D eigenvalue weighted by Crippen LogP contribution is 2.33. The van der Waals surface area contributed by atoms with E-state index in [-0.39, 0.29) is 6.10 Å². The van der Waals surface area contributed by atoms with Gasteiger partial charge in [0.1, 0.15) is 0 Å². The predicted octanol–water partition coefficient (Wildman–Crippen LogP) is 2.58. The van der Waals surface area contributed by atoms with Crippen molar-refractivity contribution in [3.05, 3.63) is 0 Å². The van der Waals surface area contributed by atoms with Crippen LogP contribution in [0, 0.1) is 11.8 Å². The highest BCUT2D eigenvalue weighted by atomic mass is 16.3. The lowest BCUT2D eigenvalue weighted by molar-refractivity contribution is 0.0993. The summed E-state index contributed by atoms with van der Waals surface area (Å²) in [6.07, 6.45) is 5.93. The predicted molar refractivity (Wildman–Crippen MR) is 47.4 cm³/mol. The lowest BCUT2D eigenvalue weighted by atomic mass is 9.96. The van der Waals surface area contributed by atoms with Gasteiger partial charge in [0.05, 0.1) is 6.10 Å². The van der Waals surface area contributed by atoms with Crippen molar-refractivity contribution < 1.29 is 5.11 Å². The third kappa shape index (κ3) is 2.48. The number of hydrogen-bond donors (Lipinski definition) is 1. The minimum absolute atomic E-state index is 0.00931. The van der Waals surface area contributed by atoms with Gasteiger partial charge in [-0.3, -0.25) is 0 Å². The molecular formula is C10H20O.